The van der Waals surface area contributed by atoms with E-state index in [4.69, 9.17) is 11.6 Å². The molecule has 2 aromatic heterocycles. The second kappa shape index (κ2) is 3.55. The first-order valence-corrected chi connectivity index (χ1v) is 4.74. The number of ether oxygens (including phenoxy) is 1. The van der Waals surface area contributed by atoms with Crippen molar-refractivity contribution in [2.24, 2.45) is 0 Å². The monoisotopic (exact) mass is 224 g/mol. The number of nitrogens with zero attached hydrogens (tertiary/aromatic N) is 2. The summed E-state index contributed by atoms with van der Waals surface area (Å²) in [6.07, 6.45) is 1.75. The largest absolute Gasteiger partial charge is 0.464 e. The third-order valence-corrected chi connectivity index (χ3v) is 2.38. The Labute approximate surface area is 91.4 Å². The smallest absolute Gasteiger partial charge is 0.358 e. The van der Waals surface area contributed by atoms with Crippen LogP contribution in [0.3, 0.4) is 0 Å². The lowest BCUT2D eigenvalue weighted by Crippen LogP contribution is -2.05. The number of carbonyl (C=O) groups is 1. The van der Waals surface area contributed by atoms with E-state index in [0.29, 0.717) is 5.65 Å². The molecular formula is C10H9ClN2O2. The van der Waals surface area contributed by atoms with Gasteiger partial charge in [-0.3, -0.25) is 4.40 Å². The van der Waals surface area contributed by atoms with E-state index in [0.717, 1.165) is 5.56 Å². The molecule has 0 aliphatic rings. The van der Waals surface area contributed by atoms with Gasteiger partial charge in [-0.1, -0.05) is 11.6 Å². The lowest BCUT2D eigenvalue weighted by Gasteiger charge is -2.00. The maximum absolute atomic E-state index is 11.4. The summed E-state index contributed by atoms with van der Waals surface area (Å²) in [6.45, 7) is 1.94. The van der Waals surface area contributed by atoms with E-state index in [-0.39, 0.29) is 10.8 Å². The molecule has 4 nitrogen and oxygen atoms in total. The molecule has 78 valence electrons. The Bertz CT molecular complexity index is 533. The lowest BCUT2D eigenvalue weighted by molar-refractivity contribution is 0.0593. The van der Waals surface area contributed by atoms with E-state index in [1.165, 1.54) is 7.11 Å². The number of rotatable bonds is 1. The molecule has 5 heteroatoms. The third kappa shape index (κ3) is 1.57. The Hall–Kier alpha value is -1.55. The topological polar surface area (TPSA) is 43.6 Å². The van der Waals surface area contributed by atoms with E-state index in [2.05, 4.69) is 9.72 Å². The molecule has 2 heterocycles. The van der Waals surface area contributed by atoms with Gasteiger partial charge in [0, 0.05) is 6.20 Å². The maximum atomic E-state index is 11.4. The molecular weight excluding hydrogens is 216 g/mol. The molecule has 0 fully saturated rings. The van der Waals surface area contributed by atoms with Crippen molar-refractivity contribution in [3.8, 4) is 0 Å². The minimum absolute atomic E-state index is 0.160. The molecule has 0 radical (unpaired) electrons. The Morgan fingerprint density at radius 2 is 2.33 bits per heavy atom. The van der Waals surface area contributed by atoms with Crippen LogP contribution in [0.25, 0.3) is 5.65 Å². The maximum Gasteiger partial charge on any atom is 0.358 e. The fourth-order valence-electron chi connectivity index (χ4n) is 1.40. The summed E-state index contributed by atoms with van der Waals surface area (Å²) in [6, 6.07) is 3.72. The molecule has 2 aromatic rings. The summed E-state index contributed by atoms with van der Waals surface area (Å²) in [7, 11) is 1.31. The van der Waals surface area contributed by atoms with Crippen molar-refractivity contribution in [1.29, 1.82) is 0 Å². The van der Waals surface area contributed by atoms with Crippen molar-refractivity contribution in [1.82, 2.24) is 9.38 Å². The Morgan fingerprint density at radius 3 is 3.00 bits per heavy atom. The predicted octanol–water partition coefficient (Wildman–Crippen LogP) is 2.08. The summed E-state index contributed by atoms with van der Waals surface area (Å²) in [5.41, 5.74) is 1.95. The van der Waals surface area contributed by atoms with Gasteiger partial charge in [-0.25, -0.2) is 9.78 Å². The van der Waals surface area contributed by atoms with E-state index in [1.807, 2.05) is 19.1 Å². The zero-order valence-corrected chi connectivity index (χ0v) is 9.08. The number of carbonyl (C=O) groups excluding carboxylic acids is 1. The molecule has 0 unspecified atom stereocenters. The van der Waals surface area contributed by atoms with Crippen molar-refractivity contribution in [3.05, 3.63) is 34.7 Å². The number of esters is 1. The quantitative estimate of drug-likeness (QED) is 0.697. The number of fused-ring (bicyclic) bond motifs is 1. The molecule has 2 rings (SSSR count). The molecule has 0 spiro atoms. The minimum atomic E-state index is -0.489. The highest BCUT2D eigenvalue weighted by Crippen LogP contribution is 2.19. The fraction of sp³-hybridized carbons (Fsp3) is 0.200. The fourth-order valence-corrected chi connectivity index (χ4v) is 1.65. The molecule has 0 aliphatic carbocycles. The first kappa shape index (κ1) is 9.98. The summed E-state index contributed by atoms with van der Waals surface area (Å²) in [5.74, 6) is -0.489. The highest BCUT2D eigenvalue weighted by Gasteiger charge is 2.18. The number of halogens is 1. The zero-order valence-electron chi connectivity index (χ0n) is 8.32. The van der Waals surface area contributed by atoms with Crippen LogP contribution in [0.1, 0.15) is 16.1 Å². The number of imidazole rings is 1. The average molecular weight is 225 g/mol. The first-order chi connectivity index (χ1) is 7.13. The Morgan fingerprint density at radius 1 is 1.60 bits per heavy atom. The van der Waals surface area contributed by atoms with Crippen LogP contribution in [0.4, 0.5) is 0 Å². The van der Waals surface area contributed by atoms with Crippen LogP contribution >= 0.6 is 11.6 Å². The molecule has 0 saturated carbocycles. The highest BCUT2D eigenvalue weighted by atomic mass is 35.5. The van der Waals surface area contributed by atoms with E-state index >= 15 is 0 Å². The summed E-state index contributed by atoms with van der Waals surface area (Å²) in [4.78, 5) is 15.5. The second-order valence-corrected chi connectivity index (χ2v) is 3.53. The van der Waals surface area contributed by atoms with Gasteiger partial charge < -0.3 is 4.74 Å². The van der Waals surface area contributed by atoms with Gasteiger partial charge in [0.1, 0.15) is 5.65 Å². The summed E-state index contributed by atoms with van der Waals surface area (Å²) in [5, 5.41) is 0.160. The van der Waals surface area contributed by atoms with Crippen LogP contribution in [0, 0.1) is 6.92 Å². The van der Waals surface area contributed by atoms with Crippen LogP contribution < -0.4 is 0 Å². The Kier molecular flexibility index (Phi) is 2.36. The number of hydrogen-bond donors (Lipinski definition) is 0. The van der Waals surface area contributed by atoms with E-state index in [9.17, 15) is 4.79 Å². The van der Waals surface area contributed by atoms with Crippen molar-refractivity contribution in [2.75, 3.05) is 7.11 Å². The molecule has 0 atom stereocenters. The van der Waals surface area contributed by atoms with Gasteiger partial charge in [0.15, 0.2) is 10.8 Å². The van der Waals surface area contributed by atoms with Gasteiger partial charge in [0.25, 0.3) is 0 Å². The number of aromatic nitrogens is 2. The van der Waals surface area contributed by atoms with Crippen LogP contribution in [-0.2, 0) is 4.74 Å². The van der Waals surface area contributed by atoms with Crippen molar-refractivity contribution in [3.63, 3.8) is 0 Å². The predicted molar refractivity (Wildman–Crippen MR) is 56.3 cm³/mol. The SMILES string of the molecule is COC(=O)c1c(Cl)nc2cc(C)ccn12. The number of hydrogen-bond acceptors (Lipinski definition) is 3. The first-order valence-electron chi connectivity index (χ1n) is 4.36. The van der Waals surface area contributed by atoms with Crippen molar-refractivity contribution in [2.45, 2.75) is 6.92 Å². The van der Waals surface area contributed by atoms with Crippen LogP contribution in [-0.4, -0.2) is 22.5 Å². The van der Waals surface area contributed by atoms with Gasteiger partial charge >= 0.3 is 5.97 Å². The van der Waals surface area contributed by atoms with Gasteiger partial charge in [0.05, 0.1) is 7.11 Å². The minimum Gasteiger partial charge on any atom is -0.464 e. The standard InChI is InChI=1S/C10H9ClN2O2/c1-6-3-4-13-7(5-6)12-9(11)8(13)10(14)15-2/h3-5H,1-2H3. The third-order valence-electron chi connectivity index (χ3n) is 2.12. The molecule has 0 aliphatic heterocycles. The van der Waals surface area contributed by atoms with E-state index in [1.54, 1.807) is 10.6 Å². The molecule has 0 bridgehead atoms. The number of pyridine rings is 1. The molecule has 0 saturated heterocycles. The molecule has 15 heavy (non-hydrogen) atoms. The normalized spacial score (nSPS) is 10.6. The highest BCUT2D eigenvalue weighted by molar-refractivity contribution is 6.32. The van der Waals surface area contributed by atoms with Gasteiger partial charge in [-0.2, -0.15) is 0 Å². The van der Waals surface area contributed by atoms with E-state index < -0.39 is 5.97 Å². The summed E-state index contributed by atoms with van der Waals surface area (Å²) >= 11 is 5.86. The second-order valence-electron chi connectivity index (χ2n) is 3.18. The van der Waals surface area contributed by atoms with Crippen LogP contribution in [0.15, 0.2) is 18.3 Å². The average Bonchev–Trinajstić information content (AvgIpc) is 2.52. The Balaban J connectivity index is 2.73. The van der Waals surface area contributed by atoms with Gasteiger partial charge in [0.2, 0.25) is 0 Å². The van der Waals surface area contributed by atoms with Gasteiger partial charge in [-0.05, 0) is 24.6 Å². The molecule has 0 aromatic carbocycles. The number of methoxy groups -OCH3 is 1. The number of aryl methyl sites for hydroxylation is 1. The van der Waals surface area contributed by atoms with Crippen LogP contribution in [0.2, 0.25) is 5.15 Å². The summed E-state index contributed by atoms with van der Waals surface area (Å²) < 4.78 is 6.24. The molecule has 0 N–H and O–H groups in total. The van der Waals surface area contributed by atoms with Crippen LogP contribution in [0.5, 0.6) is 0 Å². The zero-order chi connectivity index (χ0) is 11.0. The van der Waals surface area contributed by atoms with Crippen molar-refractivity contribution >= 4 is 23.2 Å². The van der Waals surface area contributed by atoms with Crippen molar-refractivity contribution < 1.29 is 9.53 Å². The molecule has 0 amide bonds. The lowest BCUT2D eigenvalue weighted by atomic mass is 10.3. The van der Waals surface area contributed by atoms with Gasteiger partial charge in [-0.15, -0.1) is 0 Å².